The number of nitrogens with zero attached hydrogens (tertiary/aromatic N) is 4. The Kier molecular flexibility index (Phi) is 6.63. The van der Waals surface area contributed by atoms with Gasteiger partial charge in [0.05, 0.1) is 23.0 Å². The lowest BCUT2D eigenvalue weighted by Crippen LogP contribution is -2.50. The van der Waals surface area contributed by atoms with Gasteiger partial charge >= 0.3 is 0 Å². The molecule has 3 aliphatic rings. The van der Waals surface area contributed by atoms with E-state index in [1.54, 1.807) is 6.26 Å². The third kappa shape index (κ3) is 4.72. The first-order chi connectivity index (χ1) is 17.7. The second-order valence-electron chi connectivity index (χ2n) is 10.7. The van der Waals surface area contributed by atoms with Crippen molar-refractivity contribution in [1.82, 2.24) is 19.7 Å². The molecule has 0 spiro atoms. The van der Waals surface area contributed by atoms with E-state index in [0.717, 1.165) is 91.2 Å². The Bertz CT molecular complexity index is 1250. The van der Waals surface area contributed by atoms with Crippen LogP contribution in [0.1, 0.15) is 53.6 Å². The average molecular weight is 485 g/mol. The molecule has 2 aliphatic heterocycles. The van der Waals surface area contributed by atoms with Gasteiger partial charge in [-0.2, -0.15) is 0 Å². The molecule has 0 bridgehead atoms. The van der Waals surface area contributed by atoms with E-state index in [9.17, 15) is 4.79 Å². The molecule has 2 aromatic heterocycles. The predicted octanol–water partition coefficient (Wildman–Crippen LogP) is 4.80. The summed E-state index contributed by atoms with van der Waals surface area (Å²) in [6, 6.07) is 12.0. The molecular weight excluding hydrogens is 448 g/mol. The number of pyridine rings is 1. The Balaban J connectivity index is 1.29. The molecule has 6 nitrogen and oxygen atoms in total. The normalized spacial score (nSPS) is 22.4. The number of allylic oxidation sites excluding steroid dienone is 1. The van der Waals surface area contributed by atoms with Crippen LogP contribution in [-0.4, -0.2) is 77.9 Å². The van der Waals surface area contributed by atoms with Crippen LogP contribution in [-0.2, 0) is 6.42 Å². The van der Waals surface area contributed by atoms with Gasteiger partial charge in [0.25, 0.3) is 5.91 Å². The molecule has 6 rings (SSSR count). The Labute approximate surface area is 213 Å². The SMILES string of the molecule is CC1C/C(=C/c2ccco2)c2nc3ccccc3c(C(=O)N3CCN(CCN4CCCC4)CC3)c2C1. The van der Waals surface area contributed by atoms with Crippen molar-refractivity contribution in [3.8, 4) is 0 Å². The third-order valence-electron chi connectivity index (χ3n) is 8.08. The van der Waals surface area contributed by atoms with Crippen LogP contribution in [0.25, 0.3) is 22.6 Å². The number of piperazine rings is 1. The maximum atomic E-state index is 14.1. The molecule has 188 valence electrons. The number of benzene rings is 1. The summed E-state index contributed by atoms with van der Waals surface area (Å²) in [5.41, 5.74) is 4.98. The summed E-state index contributed by atoms with van der Waals surface area (Å²) in [4.78, 5) is 26.4. The summed E-state index contributed by atoms with van der Waals surface area (Å²) in [6.45, 7) is 10.5. The maximum absolute atomic E-state index is 14.1. The smallest absolute Gasteiger partial charge is 0.254 e. The fourth-order valence-corrected chi connectivity index (χ4v) is 6.15. The van der Waals surface area contributed by atoms with Crippen molar-refractivity contribution in [2.24, 2.45) is 5.92 Å². The molecule has 0 saturated carbocycles. The topological polar surface area (TPSA) is 52.8 Å². The maximum Gasteiger partial charge on any atom is 0.254 e. The van der Waals surface area contributed by atoms with Gasteiger partial charge in [-0.1, -0.05) is 25.1 Å². The third-order valence-corrected chi connectivity index (χ3v) is 8.08. The molecule has 3 aromatic rings. The van der Waals surface area contributed by atoms with Crippen molar-refractivity contribution in [2.45, 2.75) is 32.6 Å². The summed E-state index contributed by atoms with van der Waals surface area (Å²) in [5.74, 6) is 1.43. The monoisotopic (exact) mass is 484 g/mol. The Morgan fingerprint density at radius 3 is 2.47 bits per heavy atom. The molecule has 1 aromatic carbocycles. The number of fused-ring (bicyclic) bond motifs is 2. The van der Waals surface area contributed by atoms with Gasteiger partial charge in [0.1, 0.15) is 5.76 Å². The lowest BCUT2D eigenvalue weighted by Gasteiger charge is -2.36. The fourth-order valence-electron chi connectivity index (χ4n) is 6.15. The van der Waals surface area contributed by atoms with E-state index in [1.165, 1.54) is 25.9 Å². The summed E-state index contributed by atoms with van der Waals surface area (Å²) in [6.07, 6.45) is 8.28. The van der Waals surface area contributed by atoms with Gasteiger partial charge in [-0.15, -0.1) is 0 Å². The number of furan rings is 1. The van der Waals surface area contributed by atoms with Crippen molar-refractivity contribution in [1.29, 1.82) is 0 Å². The molecule has 1 amide bonds. The van der Waals surface area contributed by atoms with Crippen molar-refractivity contribution >= 4 is 28.5 Å². The molecule has 1 unspecified atom stereocenters. The van der Waals surface area contributed by atoms with Gasteiger partial charge in [-0.25, -0.2) is 4.98 Å². The molecule has 36 heavy (non-hydrogen) atoms. The van der Waals surface area contributed by atoms with E-state index >= 15 is 0 Å². The predicted molar refractivity (Wildman–Crippen MR) is 144 cm³/mol. The second kappa shape index (κ2) is 10.2. The highest BCUT2D eigenvalue weighted by molar-refractivity contribution is 6.09. The Morgan fingerprint density at radius 1 is 0.972 bits per heavy atom. The molecule has 1 atom stereocenters. The standard InChI is InChI=1S/C30H36N4O2/c1-22-19-23(21-24-7-6-18-36-24)29-26(20-22)28(25-8-2-3-9-27(25)31-29)30(35)34-16-14-33(15-17-34)13-12-32-10-4-5-11-32/h2-3,6-9,18,21-22H,4-5,10-17,19-20H2,1H3/b23-21-. The average Bonchev–Trinajstić information content (AvgIpc) is 3.61. The van der Waals surface area contributed by atoms with Gasteiger partial charge in [-0.05, 0) is 80.1 Å². The van der Waals surface area contributed by atoms with E-state index in [-0.39, 0.29) is 5.91 Å². The minimum Gasteiger partial charge on any atom is -0.465 e. The number of rotatable bonds is 5. The van der Waals surface area contributed by atoms with E-state index in [1.807, 2.05) is 30.3 Å². The summed E-state index contributed by atoms with van der Waals surface area (Å²) in [7, 11) is 0. The van der Waals surface area contributed by atoms with Crippen LogP contribution >= 0.6 is 0 Å². The van der Waals surface area contributed by atoms with Crippen LogP contribution in [0.3, 0.4) is 0 Å². The van der Waals surface area contributed by atoms with Gasteiger partial charge in [0.2, 0.25) is 0 Å². The molecule has 4 heterocycles. The first kappa shape index (κ1) is 23.4. The zero-order valence-corrected chi connectivity index (χ0v) is 21.3. The fraction of sp³-hybridized carbons (Fsp3) is 0.467. The van der Waals surface area contributed by atoms with Gasteiger partial charge in [0.15, 0.2) is 0 Å². The molecule has 0 radical (unpaired) electrons. The van der Waals surface area contributed by atoms with Crippen LogP contribution < -0.4 is 0 Å². The molecule has 2 saturated heterocycles. The van der Waals surface area contributed by atoms with Gasteiger partial charge in [-0.3, -0.25) is 9.69 Å². The van der Waals surface area contributed by atoms with Gasteiger partial charge < -0.3 is 14.2 Å². The van der Waals surface area contributed by atoms with Crippen LogP contribution in [0.2, 0.25) is 0 Å². The Hall–Kier alpha value is -2.96. The number of carbonyl (C=O) groups is 1. The molecule has 1 aliphatic carbocycles. The molecule has 6 heteroatoms. The lowest BCUT2D eigenvalue weighted by molar-refractivity contribution is 0.0627. The van der Waals surface area contributed by atoms with E-state index in [4.69, 9.17) is 9.40 Å². The number of carbonyl (C=O) groups excluding carboxylic acids is 1. The summed E-state index contributed by atoms with van der Waals surface area (Å²) in [5, 5.41) is 0.976. The second-order valence-corrected chi connectivity index (χ2v) is 10.7. The Morgan fingerprint density at radius 2 is 1.72 bits per heavy atom. The number of hydrogen-bond donors (Lipinski definition) is 0. The van der Waals surface area contributed by atoms with Crippen molar-refractivity contribution in [3.05, 3.63) is 65.2 Å². The number of para-hydroxylation sites is 1. The minimum atomic E-state index is 0.162. The number of hydrogen-bond acceptors (Lipinski definition) is 5. The van der Waals surface area contributed by atoms with E-state index < -0.39 is 0 Å². The highest BCUT2D eigenvalue weighted by Gasteiger charge is 2.31. The van der Waals surface area contributed by atoms with Gasteiger partial charge in [0, 0.05) is 44.7 Å². The zero-order valence-electron chi connectivity index (χ0n) is 21.3. The summed E-state index contributed by atoms with van der Waals surface area (Å²) < 4.78 is 5.62. The largest absolute Gasteiger partial charge is 0.465 e. The van der Waals surface area contributed by atoms with Crippen molar-refractivity contribution in [2.75, 3.05) is 52.4 Å². The van der Waals surface area contributed by atoms with Crippen LogP contribution in [0.4, 0.5) is 0 Å². The van der Waals surface area contributed by atoms with E-state index in [0.29, 0.717) is 5.92 Å². The molecule has 0 N–H and O–H groups in total. The van der Waals surface area contributed by atoms with Crippen LogP contribution in [0, 0.1) is 5.92 Å². The van der Waals surface area contributed by atoms with Crippen LogP contribution in [0.15, 0.2) is 47.1 Å². The quantitative estimate of drug-likeness (QED) is 0.521. The summed E-state index contributed by atoms with van der Waals surface area (Å²) >= 11 is 0. The zero-order chi connectivity index (χ0) is 24.5. The number of amides is 1. The van der Waals surface area contributed by atoms with Crippen molar-refractivity contribution < 1.29 is 9.21 Å². The minimum absolute atomic E-state index is 0.162. The molecular formula is C30H36N4O2. The number of likely N-dealkylation sites (tertiary alicyclic amines) is 1. The van der Waals surface area contributed by atoms with Crippen molar-refractivity contribution in [3.63, 3.8) is 0 Å². The lowest BCUT2D eigenvalue weighted by atomic mass is 9.80. The first-order valence-electron chi connectivity index (χ1n) is 13.6. The first-order valence-corrected chi connectivity index (χ1v) is 13.6. The van der Waals surface area contributed by atoms with E-state index in [2.05, 4.69) is 33.8 Å². The highest BCUT2D eigenvalue weighted by atomic mass is 16.3. The number of aromatic nitrogens is 1. The van der Waals surface area contributed by atoms with Crippen LogP contribution in [0.5, 0.6) is 0 Å². The highest BCUT2D eigenvalue weighted by Crippen LogP contribution is 2.39. The molecule has 2 fully saturated rings.